The Morgan fingerprint density at radius 3 is 2.43 bits per heavy atom. The lowest BCUT2D eigenvalue weighted by Crippen LogP contribution is -2.39. The van der Waals surface area contributed by atoms with Crippen molar-refractivity contribution in [2.45, 2.75) is 19.3 Å². The fraction of sp³-hybridized carbons (Fsp3) is 0.462. The molecule has 6 nitrogen and oxygen atoms in total. The first kappa shape index (κ1) is 16.0. The van der Waals surface area contributed by atoms with Gasteiger partial charge in [0.25, 0.3) is 0 Å². The van der Waals surface area contributed by atoms with Crippen LogP contribution in [0.2, 0.25) is 0 Å². The minimum absolute atomic E-state index is 0.161. The van der Waals surface area contributed by atoms with Crippen LogP contribution in [0.5, 0.6) is 5.75 Å². The molecule has 21 heavy (non-hydrogen) atoms. The Morgan fingerprint density at radius 1 is 1.24 bits per heavy atom. The first-order chi connectivity index (χ1) is 9.97. The number of thiocarbonyl (C=S) groups is 1. The van der Waals surface area contributed by atoms with Crippen molar-refractivity contribution in [3.8, 4) is 5.75 Å². The Kier molecular flexibility index (Phi) is 5.38. The molecule has 1 aliphatic rings. The monoisotopic (exact) mass is 329 g/mol. The van der Waals surface area contributed by atoms with Crippen LogP contribution in [0.25, 0.3) is 0 Å². The summed E-state index contributed by atoms with van der Waals surface area (Å²) in [6.45, 7) is 1.31. The second-order valence-corrected chi connectivity index (χ2v) is 7.04. The predicted molar refractivity (Wildman–Crippen MR) is 86.7 cm³/mol. The summed E-state index contributed by atoms with van der Waals surface area (Å²) in [5.74, 6) is 0.587. The number of rotatable bonds is 6. The second-order valence-electron chi connectivity index (χ2n) is 4.85. The third-order valence-corrected chi connectivity index (χ3v) is 4.79. The van der Waals surface area contributed by atoms with Gasteiger partial charge in [0.2, 0.25) is 0 Å². The van der Waals surface area contributed by atoms with Gasteiger partial charge in [-0.25, -0.2) is 0 Å². The molecular weight excluding hydrogens is 310 g/mol. The summed E-state index contributed by atoms with van der Waals surface area (Å²) in [6, 6.07) is 6.64. The standard InChI is InChI=1S/C13H19N3O3S2/c14-13(20)10-19-12-6-4-11(5-7-12)15-21(17,18)16-8-2-1-3-9-16/h4-7,15H,1-3,8-10H2,(H2,14,20). The van der Waals surface area contributed by atoms with Crippen LogP contribution in [0.3, 0.4) is 0 Å². The molecule has 0 aliphatic carbocycles. The second kappa shape index (κ2) is 7.06. The summed E-state index contributed by atoms with van der Waals surface area (Å²) in [5, 5.41) is 0. The van der Waals surface area contributed by atoms with E-state index in [1.165, 1.54) is 4.31 Å². The van der Waals surface area contributed by atoms with E-state index in [0.717, 1.165) is 19.3 Å². The maximum absolute atomic E-state index is 12.2. The van der Waals surface area contributed by atoms with E-state index < -0.39 is 10.2 Å². The molecule has 0 saturated carbocycles. The molecule has 0 radical (unpaired) electrons. The lowest BCUT2D eigenvalue weighted by Gasteiger charge is -2.26. The number of hydrogen-bond acceptors (Lipinski definition) is 4. The van der Waals surface area contributed by atoms with Gasteiger partial charge in [-0.2, -0.15) is 12.7 Å². The molecular formula is C13H19N3O3S2. The molecule has 1 aromatic carbocycles. The molecule has 0 atom stereocenters. The maximum Gasteiger partial charge on any atom is 0.301 e. The lowest BCUT2D eigenvalue weighted by atomic mass is 10.2. The number of nitrogens with one attached hydrogen (secondary N) is 1. The summed E-state index contributed by atoms with van der Waals surface area (Å²) in [7, 11) is -3.47. The molecule has 0 amide bonds. The molecule has 3 N–H and O–H groups in total. The Labute approximate surface area is 130 Å². The van der Waals surface area contributed by atoms with Crippen molar-refractivity contribution in [3.05, 3.63) is 24.3 Å². The molecule has 1 aromatic rings. The molecule has 116 valence electrons. The van der Waals surface area contributed by atoms with Gasteiger partial charge in [0, 0.05) is 13.1 Å². The van der Waals surface area contributed by atoms with Gasteiger partial charge >= 0.3 is 10.2 Å². The number of nitrogens with two attached hydrogens (primary N) is 1. The number of anilines is 1. The van der Waals surface area contributed by atoms with E-state index >= 15 is 0 Å². The van der Waals surface area contributed by atoms with Crippen LogP contribution >= 0.6 is 12.2 Å². The molecule has 1 aliphatic heterocycles. The third kappa shape index (κ3) is 4.83. The molecule has 1 saturated heterocycles. The number of piperidine rings is 1. The topological polar surface area (TPSA) is 84.7 Å². The highest BCUT2D eigenvalue weighted by molar-refractivity contribution is 7.90. The summed E-state index contributed by atoms with van der Waals surface area (Å²) < 4.78 is 33.8. The van der Waals surface area contributed by atoms with Gasteiger partial charge < -0.3 is 10.5 Å². The van der Waals surface area contributed by atoms with Crippen LogP contribution < -0.4 is 15.2 Å². The normalized spacial score (nSPS) is 16.4. The summed E-state index contributed by atoms with van der Waals surface area (Å²) >= 11 is 4.72. The van der Waals surface area contributed by atoms with Crippen LogP contribution in [-0.4, -0.2) is 37.4 Å². The van der Waals surface area contributed by atoms with E-state index in [0.29, 0.717) is 24.5 Å². The Hall–Kier alpha value is -1.38. The van der Waals surface area contributed by atoms with Crippen LogP contribution in [0.1, 0.15) is 19.3 Å². The summed E-state index contributed by atoms with van der Waals surface area (Å²) in [5.41, 5.74) is 5.85. The van der Waals surface area contributed by atoms with Crippen LogP contribution in [0.4, 0.5) is 5.69 Å². The van der Waals surface area contributed by atoms with Gasteiger partial charge in [-0.1, -0.05) is 18.6 Å². The minimum Gasteiger partial charge on any atom is -0.487 e. The molecule has 0 unspecified atom stereocenters. The fourth-order valence-electron chi connectivity index (χ4n) is 2.09. The van der Waals surface area contributed by atoms with E-state index in [-0.39, 0.29) is 11.6 Å². The van der Waals surface area contributed by atoms with Crippen LogP contribution in [-0.2, 0) is 10.2 Å². The van der Waals surface area contributed by atoms with Crippen molar-refractivity contribution in [2.24, 2.45) is 5.73 Å². The van der Waals surface area contributed by atoms with Crippen molar-refractivity contribution in [1.82, 2.24) is 4.31 Å². The van der Waals surface area contributed by atoms with E-state index in [9.17, 15) is 8.42 Å². The van der Waals surface area contributed by atoms with Crippen molar-refractivity contribution < 1.29 is 13.2 Å². The average molecular weight is 329 g/mol. The Morgan fingerprint density at radius 2 is 1.86 bits per heavy atom. The van der Waals surface area contributed by atoms with Gasteiger partial charge in [-0.15, -0.1) is 0 Å². The largest absolute Gasteiger partial charge is 0.487 e. The third-order valence-electron chi connectivity index (χ3n) is 3.14. The van der Waals surface area contributed by atoms with Crippen molar-refractivity contribution >= 4 is 33.1 Å². The number of ether oxygens (including phenoxy) is 1. The molecule has 0 aromatic heterocycles. The SMILES string of the molecule is NC(=S)COc1ccc(NS(=O)(=O)N2CCCCC2)cc1. The zero-order chi connectivity index (χ0) is 15.3. The Balaban J connectivity index is 1.97. The first-order valence-corrected chi connectivity index (χ1v) is 8.61. The van der Waals surface area contributed by atoms with Crippen molar-refractivity contribution in [2.75, 3.05) is 24.4 Å². The Bertz CT molecular complexity index is 581. The molecule has 0 spiro atoms. The maximum atomic E-state index is 12.2. The molecule has 0 bridgehead atoms. The predicted octanol–water partition coefficient (Wildman–Crippen LogP) is 1.49. The number of hydrogen-bond donors (Lipinski definition) is 2. The van der Waals surface area contributed by atoms with E-state index in [2.05, 4.69) is 4.72 Å². The molecule has 1 fully saturated rings. The average Bonchev–Trinajstić information content (AvgIpc) is 2.47. The number of nitrogens with zero attached hydrogens (tertiary/aromatic N) is 1. The lowest BCUT2D eigenvalue weighted by molar-refractivity contribution is 0.349. The molecule has 8 heteroatoms. The van der Waals surface area contributed by atoms with Gasteiger partial charge in [-0.3, -0.25) is 4.72 Å². The van der Waals surface area contributed by atoms with E-state index in [1.807, 2.05) is 0 Å². The molecule has 1 heterocycles. The quantitative estimate of drug-likeness (QED) is 0.773. The molecule has 2 rings (SSSR count). The zero-order valence-electron chi connectivity index (χ0n) is 11.6. The number of benzene rings is 1. The summed E-state index contributed by atoms with van der Waals surface area (Å²) in [4.78, 5) is 0.268. The van der Waals surface area contributed by atoms with E-state index in [1.54, 1.807) is 24.3 Å². The highest BCUT2D eigenvalue weighted by Gasteiger charge is 2.23. The first-order valence-electron chi connectivity index (χ1n) is 6.76. The summed E-state index contributed by atoms with van der Waals surface area (Å²) in [6.07, 6.45) is 2.90. The van der Waals surface area contributed by atoms with E-state index in [4.69, 9.17) is 22.7 Å². The van der Waals surface area contributed by atoms with Gasteiger partial charge in [0.15, 0.2) is 0 Å². The van der Waals surface area contributed by atoms with Gasteiger partial charge in [0.05, 0.1) is 5.69 Å². The highest BCUT2D eigenvalue weighted by Crippen LogP contribution is 2.19. The fourth-order valence-corrected chi connectivity index (χ4v) is 3.45. The minimum atomic E-state index is -3.47. The van der Waals surface area contributed by atoms with Crippen LogP contribution in [0.15, 0.2) is 24.3 Å². The smallest absolute Gasteiger partial charge is 0.301 e. The highest BCUT2D eigenvalue weighted by atomic mass is 32.2. The van der Waals surface area contributed by atoms with Crippen LogP contribution in [0, 0.1) is 0 Å². The van der Waals surface area contributed by atoms with Crippen molar-refractivity contribution in [3.63, 3.8) is 0 Å². The van der Waals surface area contributed by atoms with Gasteiger partial charge in [0.1, 0.15) is 17.3 Å². The van der Waals surface area contributed by atoms with Crippen molar-refractivity contribution in [1.29, 1.82) is 0 Å². The zero-order valence-corrected chi connectivity index (χ0v) is 13.3. The van der Waals surface area contributed by atoms with Gasteiger partial charge in [-0.05, 0) is 37.1 Å².